The number of carbonyl (C=O) groups is 2. The van der Waals surface area contributed by atoms with E-state index in [2.05, 4.69) is 5.32 Å². The van der Waals surface area contributed by atoms with Gasteiger partial charge in [0.2, 0.25) is 5.91 Å². The number of rotatable bonds is 7. The maximum Gasteiger partial charge on any atom is 0.328 e. The average Bonchev–Trinajstić information content (AvgIpc) is 2.71. The Balaban J connectivity index is 1.63. The maximum absolute atomic E-state index is 12.5. The summed E-state index contributed by atoms with van der Waals surface area (Å²) in [5.41, 5.74) is 2.04. The summed E-state index contributed by atoms with van der Waals surface area (Å²) in [6.45, 7) is 0. The van der Waals surface area contributed by atoms with Crippen molar-refractivity contribution in [3.63, 3.8) is 0 Å². The van der Waals surface area contributed by atoms with Gasteiger partial charge in [0.25, 0.3) is 0 Å². The van der Waals surface area contributed by atoms with Gasteiger partial charge in [-0.1, -0.05) is 72.8 Å². The number of benzene rings is 3. The molecule has 4 heteroatoms. The van der Waals surface area contributed by atoms with Crippen LogP contribution in [0.2, 0.25) is 0 Å². The summed E-state index contributed by atoms with van der Waals surface area (Å²) >= 11 is 0. The third-order valence-corrected chi connectivity index (χ3v) is 4.56. The predicted molar refractivity (Wildman–Crippen MR) is 106 cm³/mol. The molecule has 1 atom stereocenters. The van der Waals surface area contributed by atoms with E-state index in [4.69, 9.17) is 4.74 Å². The molecule has 1 amide bonds. The van der Waals surface area contributed by atoms with Gasteiger partial charge in [-0.2, -0.15) is 0 Å². The standard InChI is InChI=1S/C23H23NO3/c1-27-23(26)21(14-12-17-7-3-2-4-8-17)24-22(25)16-18-11-13-19-9-5-6-10-20(19)15-18/h2-11,13,15,21H,12,14,16H2,1H3,(H,24,25)/t21-/m0/s1. The highest BCUT2D eigenvalue weighted by atomic mass is 16.5. The monoisotopic (exact) mass is 361 g/mol. The average molecular weight is 361 g/mol. The third kappa shape index (κ3) is 5.17. The molecule has 0 spiro atoms. The number of esters is 1. The lowest BCUT2D eigenvalue weighted by molar-refractivity contribution is -0.145. The van der Waals surface area contributed by atoms with E-state index >= 15 is 0 Å². The lowest BCUT2D eigenvalue weighted by Gasteiger charge is -2.16. The Morgan fingerprint density at radius 1 is 0.889 bits per heavy atom. The van der Waals surface area contributed by atoms with Gasteiger partial charge < -0.3 is 10.1 Å². The number of methoxy groups -OCH3 is 1. The van der Waals surface area contributed by atoms with Gasteiger partial charge in [0.1, 0.15) is 6.04 Å². The minimum absolute atomic E-state index is 0.186. The van der Waals surface area contributed by atoms with Crippen molar-refractivity contribution >= 4 is 22.6 Å². The molecule has 0 radical (unpaired) electrons. The van der Waals surface area contributed by atoms with Crippen LogP contribution in [-0.2, 0) is 27.2 Å². The Morgan fingerprint density at radius 3 is 2.33 bits per heavy atom. The van der Waals surface area contributed by atoms with Gasteiger partial charge in [0.15, 0.2) is 0 Å². The van der Waals surface area contributed by atoms with Crippen molar-refractivity contribution in [1.82, 2.24) is 5.32 Å². The Morgan fingerprint density at radius 2 is 1.59 bits per heavy atom. The van der Waals surface area contributed by atoms with E-state index in [1.807, 2.05) is 72.8 Å². The fraction of sp³-hybridized carbons (Fsp3) is 0.217. The van der Waals surface area contributed by atoms with Crippen LogP contribution in [0.15, 0.2) is 72.8 Å². The Kier molecular flexibility index (Phi) is 6.21. The van der Waals surface area contributed by atoms with Crippen molar-refractivity contribution in [2.24, 2.45) is 0 Å². The van der Waals surface area contributed by atoms with E-state index in [1.165, 1.54) is 7.11 Å². The van der Waals surface area contributed by atoms with Gasteiger partial charge in [-0.25, -0.2) is 4.79 Å². The zero-order chi connectivity index (χ0) is 19.1. The lowest BCUT2D eigenvalue weighted by Crippen LogP contribution is -2.42. The van der Waals surface area contributed by atoms with Crippen LogP contribution in [0.1, 0.15) is 17.5 Å². The molecule has 3 aromatic rings. The molecule has 0 aliphatic carbocycles. The fourth-order valence-electron chi connectivity index (χ4n) is 3.13. The van der Waals surface area contributed by atoms with Crippen molar-refractivity contribution in [2.75, 3.05) is 7.11 Å². The minimum Gasteiger partial charge on any atom is -0.467 e. The molecule has 0 saturated heterocycles. The molecule has 0 bridgehead atoms. The first kappa shape index (κ1) is 18.6. The largest absolute Gasteiger partial charge is 0.467 e. The topological polar surface area (TPSA) is 55.4 Å². The van der Waals surface area contributed by atoms with Crippen LogP contribution in [0.4, 0.5) is 0 Å². The summed E-state index contributed by atoms with van der Waals surface area (Å²) in [5, 5.41) is 5.05. The van der Waals surface area contributed by atoms with E-state index < -0.39 is 12.0 Å². The number of nitrogens with one attached hydrogen (secondary N) is 1. The first-order valence-electron chi connectivity index (χ1n) is 9.04. The molecule has 0 fully saturated rings. The van der Waals surface area contributed by atoms with Crippen molar-refractivity contribution in [2.45, 2.75) is 25.3 Å². The van der Waals surface area contributed by atoms with Gasteiger partial charge in [0, 0.05) is 0 Å². The van der Waals surface area contributed by atoms with Crippen molar-refractivity contribution in [1.29, 1.82) is 0 Å². The summed E-state index contributed by atoms with van der Waals surface area (Å²) in [6.07, 6.45) is 1.42. The summed E-state index contributed by atoms with van der Waals surface area (Å²) in [4.78, 5) is 24.5. The third-order valence-electron chi connectivity index (χ3n) is 4.56. The number of hydrogen-bond donors (Lipinski definition) is 1. The first-order chi connectivity index (χ1) is 13.2. The Hall–Kier alpha value is -3.14. The second-order valence-electron chi connectivity index (χ2n) is 6.53. The molecular weight excluding hydrogens is 338 g/mol. The highest BCUT2D eigenvalue weighted by Crippen LogP contribution is 2.16. The molecule has 0 aliphatic heterocycles. The normalized spacial score (nSPS) is 11.7. The molecular formula is C23H23NO3. The smallest absolute Gasteiger partial charge is 0.328 e. The summed E-state index contributed by atoms with van der Waals surface area (Å²) in [5.74, 6) is -0.605. The van der Waals surface area contributed by atoms with Crippen LogP contribution >= 0.6 is 0 Å². The van der Waals surface area contributed by atoms with Gasteiger partial charge in [-0.3, -0.25) is 4.79 Å². The molecule has 138 valence electrons. The van der Waals surface area contributed by atoms with Gasteiger partial charge in [-0.15, -0.1) is 0 Å². The Bertz CT molecular complexity index is 921. The first-order valence-corrected chi connectivity index (χ1v) is 9.04. The molecule has 0 unspecified atom stereocenters. The molecule has 3 rings (SSSR count). The molecule has 4 nitrogen and oxygen atoms in total. The maximum atomic E-state index is 12.5. The van der Waals surface area contributed by atoms with Crippen LogP contribution < -0.4 is 5.32 Å². The molecule has 0 aromatic heterocycles. The predicted octanol–water partition coefficient (Wildman–Crippen LogP) is 3.67. The van der Waals surface area contributed by atoms with Crippen LogP contribution in [0.5, 0.6) is 0 Å². The number of fused-ring (bicyclic) bond motifs is 1. The zero-order valence-electron chi connectivity index (χ0n) is 15.4. The molecule has 0 saturated carbocycles. The molecule has 1 N–H and O–H groups in total. The van der Waals surface area contributed by atoms with E-state index in [9.17, 15) is 9.59 Å². The Labute approximate surface area is 159 Å². The van der Waals surface area contributed by atoms with E-state index in [-0.39, 0.29) is 12.3 Å². The number of carbonyl (C=O) groups excluding carboxylic acids is 2. The van der Waals surface area contributed by atoms with Gasteiger partial charge in [0.05, 0.1) is 13.5 Å². The fourth-order valence-corrected chi connectivity index (χ4v) is 3.13. The van der Waals surface area contributed by atoms with Crippen LogP contribution in [0.25, 0.3) is 10.8 Å². The number of amides is 1. The number of hydrogen-bond acceptors (Lipinski definition) is 3. The second kappa shape index (κ2) is 8.99. The number of ether oxygens (including phenoxy) is 1. The highest BCUT2D eigenvalue weighted by molar-refractivity contribution is 5.87. The van der Waals surface area contributed by atoms with Crippen LogP contribution in [0.3, 0.4) is 0 Å². The van der Waals surface area contributed by atoms with Crippen molar-refractivity contribution in [3.8, 4) is 0 Å². The molecule has 3 aromatic carbocycles. The SMILES string of the molecule is COC(=O)[C@H](CCc1ccccc1)NC(=O)Cc1ccc2ccccc2c1. The minimum atomic E-state index is -0.650. The summed E-state index contributed by atoms with van der Waals surface area (Å²) in [6, 6.07) is 23.2. The second-order valence-corrected chi connectivity index (χ2v) is 6.53. The van der Waals surface area contributed by atoms with Gasteiger partial charge in [-0.05, 0) is 34.7 Å². The van der Waals surface area contributed by atoms with Crippen LogP contribution in [0, 0.1) is 0 Å². The van der Waals surface area contributed by atoms with E-state index in [1.54, 1.807) is 0 Å². The summed E-state index contributed by atoms with van der Waals surface area (Å²) in [7, 11) is 1.34. The number of aryl methyl sites for hydroxylation is 1. The van der Waals surface area contributed by atoms with Crippen molar-refractivity contribution < 1.29 is 14.3 Å². The quantitative estimate of drug-likeness (QED) is 0.653. The van der Waals surface area contributed by atoms with E-state index in [0.717, 1.165) is 21.9 Å². The molecule has 0 aliphatic rings. The van der Waals surface area contributed by atoms with Crippen LogP contribution in [-0.4, -0.2) is 25.0 Å². The lowest BCUT2D eigenvalue weighted by atomic mass is 10.0. The highest BCUT2D eigenvalue weighted by Gasteiger charge is 2.21. The van der Waals surface area contributed by atoms with Crippen molar-refractivity contribution in [3.05, 3.63) is 83.9 Å². The zero-order valence-corrected chi connectivity index (χ0v) is 15.4. The molecule has 27 heavy (non-hydrogen) atoms. The van der Waals surface area contributed by atoms with E-state index in [0.29, 0.717) is 12.8 Å². The molecule has 0 heterocycles. The summed E-state index contributed by atoms with van der Waals surface area (Å²) < 4.78 is 4.86. The van der Waals surface area contributed by atoms with Gasteiger partial charge >= 0.3 is 5.97 Å².